The minimum atomic E-state index is 0.0218. The van der Waals surface area contributed by atoms with Crippen LogP contribution in [0.4, 0.5) is 5.69 Å². The summed E-state index contributed by atoms with van der Waals surface area (Å²) in [6, 6.07) is 9.22. The van der Waals surface area contributed by atoms with E-state index >= 15 is 0 Å². The first kappa shape index (κ1) is 14.3. The van der Waals surface area contributed by atoms with Crippen LogP contribution in [0.2, 0.25) is 0 Å². The fraction of sp³-hybridized carbons (Fsp3) is 0.267. The fourth-order valence-electron chi connectivity index (χ4n) is 1.75. The molecular weight excluding hydrogens is 322 g/mol. The van der Waals surface area contributed by atoms with Gasteiger partial charge in [-0.05, 0) is 35.7 Å². The van der Waals surface area contributed by atoms with Crippen molar-refractivity contribution in [2.45, 2.75) is 26.2 Å². The molecule has 4 heteroatoms. The number of halogens is 1. The Morgan fingerprint density at radius 1 is 1.21 bits per heavy atom. The van der Waals surface area contributed by atoms with Gasteiger partial charge in [0.25, 0.3) is 0 Å². The van der Waals surface area contributed by atoms with Crippen LogP contribution < -0.4 is 5.73 Å². The number of nitrogen functional groups attached to an aromatic ring is 1. The zero-order valence-electron chi connectivity index (χ0n) is 11.2. The first-order chi connectivity index (χ1) is 8.77. The second-order valence-electron chi connectivity index (χ2n) is 5.52. The molecule has 100 valence electrons. The summed E-state index contributed by atoms with van der Waals surface area (Å²) in [5.74, 6) is 0.0218. The monoisotopic (exact) mass is 337 g/mol. The van der Waals surface area contributed by atoms with Crippen LogP contribution >= 0.6 is 27.3 Å². The van der Waals surface area contributed by atoms with Crippen LogP contribution in [0.1, 0.15) is 40.9 Å². The van der Waals surface area contributed by atoms with E-state index in [1.54, 1.807) is 29.5 Å². The average Bonchev–Trinajstić information content (AvgIpc) is 2.75. The molecule has 0 saturated heterocycles. The Bertz CT molecular complexity index is 605. The van der Waals surface area contributed by atoms with Crippen LogP contribution in [0.25, 0.3) is 0 Å². The van der Waals surface area contributed by atoms with Gasteiger partial charge in [0.1, 0.15) is 0 Å². The van der Waals surface area contributed by atoms with Crippen LogP contribution in [0.15, 0.2) is 34.8 Å². The molecule has 0 bridgehead atoms. The Kier molecular flexibility index (Phi) is 3.83. The minimum Gasteiger partial charge on any atom is -0.399 e. The first-order valence-corrected chi connectivity index (χ1v) is 7.59. The smallest absolute Gasteiger partial charge is 0.203 e. The molecule has 1 heterocycles. The second-order valence-corrected chi connectivity index (χ2v) is 7.52. The van der Waals surface area contributed by atoms with Crippen molar-refractivity contribution in [2.75, 3.05) is 5.73 Å². The Balaban J connectivity index is 2.36. The molecule has 0 radical (unpaired) electrons. The van der Waals surface area contributed by atoms with E-state index in [0.717, 1.165) is 9.35 Å². The number of anilines is 1. The maximum absolute atomic E-state index is 12.4. The first-order valence-electron chi connectivity index (χ1n) is 5.98. The average molecular weight is 338 g/mol. The Morgan fingerprint density at radius 2 is 1.89 bits per heavy atom. The van der Waals surface area contributed by atoms with Gasteiger partial charge in [-0.1, -0.05) is 36.7 Å². The van der Waals surface area contributed by atoms with Crippen molar-refractivity contribution < 1.29 is 4.79 Å². The van der Waals surface area contributed by atoms with Crippen molar-refractivity contribution in [3.63, 3.8) is 0 Å². The third-order valence-corrected chi connectivity index (χ3v) is 4.72. The maximum Gasteiger partial charge on any atom is 0.203 e. The number of rotatable bonds is 2. The molecular formula is C15H16BrNOS. The summed E-state index contributed by atoms with van der Waals surface area (Å²) in [6.07, 6.45) is 0. The van der Waals surface area contributed by atoms with Crippen molar-refractivity contribution in [3.8, 4) is 0 Å². The van der Waals surface area contributed by atoms with Gasteiger partial charge in [-0.25, -0.2) is 0 Å². The highest BCUT2D eigenvalue weighted by atomic mass is 79.9. The quantitative estimate of drug-likeness (QED) is 0.641. The SMILES string of the molecule is CC(C)(C)c1ccc(C(=O)c2cc(N)cc(Br)c2)s1. The lowest BCUT2D eigenvalue weighted by molar-refractivity contribution is 0.104. The van der Waals surface area contributed by atoms with Crippen molar-refractivity contribution in [2.24, 2.45) is 0 Å². The summed E-state index contributed by atoms with van der Waals surface area (Å²) in [5, 5.41) is 0. The number of ketones is 1. The predicted octanol–water partition coefficient (Wildman–Crippen LogP) is 4.62. The van der Waals surface area contributed by atoms with E-state index in [1.807, 2.05) is 12.1 Å². The molecule has 0 atom stereocenters. The molecule has 0 saturated carbocycles. The van der Waals surface area contributed by atoms with Crippen molar-refractivity contribution >= 4 is 38.7 Å². The molecule has 2 N–H and O–H groups in total. The van der Waals surface area contributed by atoms with Crippen molar-refractivity contribution in [3.05, 3.63) is 50.1 Å². The van der Waals surface area contributed by atoms with Crippen LogP contribution in [-0.2, 0) is 5.41 Å². The van der Waals surface area contributed by atoms with Gasteiger partial charge in [-0.2, -0.15) is 0 Å². The van der Waals surface area contributed by atoms with Crippen LogP contribution in [0.5, 0.6) is 0 Å². The number of hydrogen-bond acceptors (Lipinski definition) is 3. The second kappa shape index (κ2) is 5.10. The summed E-state index contributed by atoms with van der Waals surface area (Å²) >= 11 is 4.91. The highest BCUT2D eigenvalue weighted by Gasteiger charge is 2.19. The molecule has 2 aromatic rings. The lowest BCUT2D eigenvalue weighted by Crippen LogP contribution is -2.08. The molecule has 2 rings (SSSR count). The Hall–Kier alpha value is -1.13. The highest BCUT2D eigenvalue weighted by molar-refractivity contribution is 9.10. The molecule has 1 aromatic carbocycles. The summed E-state index contributed by atoms with van der Waals surface area (Å²) < 4.78 is 0.823. The summed E-state index contributed by atoms with van der Waals surface area (Å²) in [7, 11) is 0. The predicted molar refractivity (Wildman–Crippen MR) is 85.0 cm³/mol. The molecule has 19 heavy (non-hydrogen) atoms. The van der Waals surface area contributed by atoms with Gasteiger partial charge < -0.3 is 5.73 Å². The van der Waals surface area contributed by atoms with E-state index in [2.05, 4.69) is 36.7 Å². The summed E-state index contributed by atoms with van der Waals surface area (Å²) in [4.78, 5) is 14.4. The number of benzene rings is 1. The largest absolute Gasteiger partial charge is 0.399 e. The third-order valence-electron chi connectivity index (χ3n) is 2.75. The van der Waals surface area contributed by atoms with E-state index in [9.17, 15) is 4.79 Å². The van der Waals surface area contributed by atoms with E-state index < -0.39 is 0 Å². The van der Waals surface area contributed by atoms with Gasteiger partial charge in [0.15, 0.2) is 0 Å². The van der Waals surface area contributed by atoms with Crippen LogP contribution in [-0.4, -0.2) is 5.78 Å². The lowest BCUT2D eigenvalue weighted by atomic mass is 9.95. The zero-order valence-corrected chi connectivity index (χ0v) is 13.6. The molecule has 0 fully saturated rings. The maximum atomic E-state index is 12.4. The number of hydrogen-bond donors (Lipinski definition) is 1. The molecule has 0 aliphatic rings. The molecule has 2 nitrogen and oxygen atoms in total. The van der Waals surface area contributed by atoms with Crippen LogP contribution in [0, 0.1) is 0 Å². The van der Waals surface area contributed by atoms with Gasteiger partial charge in [0, 0.05) is 20.6 Å². The van der Waals surface area contributed by atoms with Gasteiger partial charge in [0.2, 0.25) is 5.78 Å². The molecule has 0 aliphatic carbocycles. The van der Waals surface area contributed by atoms with Gasteiger partial charge in [-0.15, -0.1) is 11.3 Å². The van der Waals surface area contributed by atoms with E-state index in [-0.39, 0.29) is 11.2 Å². The number of carbonyl (C=O) groups excluding carboxylic acids is 1. The fourth-order valence-corrected chi connectivity index (χ4v) is 3.29. The summed E-state index contributed by atoms with van der Waals surface area (Å²) in [6.45, 7) is 6.43. The Morgan fingerprint density at radius 3 is 2.42 bits per heavy atom. The van der Waals surface area contributed by atoms with E-state index in [1.165, 1.54) is 4.88 Å². The third kappa shape index (κ3) is 3.25. The highest BCUT2D eigenvalue weighted by Crippen LogP contribution is 2.31. The zero-order chi connectivity index (χ0) is 14.2. The van der Waals surface area contributed by atoms with E-state index in [4.69, 9.17) is 5.73 Å². The number of thiophene rings is 1. The number of carbonyl (C=O) groups is 1. The lowest BCUT2D eigenvalue weighted by Gasteiger charge is -2.15. The van der Waals surface area contributed by atoms with Gasteiger partial charge >= 0.3 is 0 Å². The molecule has 1 aromatic heterocycles. The molecule has 0 spiro atoms. The minimum absolute atomic E-state index is 0.0218. The number of nitrogens with two attached hydrogens (primary N) is 1. The van der Waals surface area contributed by atoms with Crippen LogP contribution in [0.3, 0.4) is 0 Å². The van der Waals surface area contributed by atoms with Crippen molar-refractivity contribution in [1.82, 2.24) is 0 Å². The molecule has 0 unspecified atom stereocenters. The van der Waals surface area contributed by atoms with Crippen molar-refractivity contribution in [1.29, 1.82) is 0 Å². The topological polar surface area (TPSA) is 43.1 Å². The normalized spacial score (nSPS) is 11.6. The summed E-state index contributed by atoms with van der Waals surface area (Å²) in [5.41, 5.74) is 7.05. The van der Waals surface area contributed by atoms with Gasteiger partial charge in [-0.3, -0.25) is 4.79 Å². The molecule has 0 amide bonds. The van der Waals surface area contributed by atoms with Gasteiger partial charge in [0.05, 0.1) is 4.88 Å². The molecule has 0 aliphatic heterocycles. The standard InChI is InChI=1S/C15H16BrNOS/c1-15(2,3)13-5-4-12(19-13)14(18)9-6-10(16)8-11(17)7-9/h4-8H,17H2,1-3H3. The van der Waals surface area contributed by atoms with E-state index in [0.29, 0.717) is 11.3 Å². The Labute approximate surface area is 125 Å².